The normalized spacial score (nSPS) is 23.4. The van der Waals surface area contributed by atoms with Crippen LogP contribution in [0.25, 0.3) is 11.4 Å². The first-order chi connectivity index (χ1) is 9.36. The lowest BCUT2D eigenvalue weighted by atomic mass is 9.86. The molecule has 0 bridgehead atoms. The number of rotatable bonds is 3. The fraction of sp³-hybridized carbons (Fsp3) is 0.467. The molecule has 0 saturated heterocycles. The molecule has 1 aromatic carbocycles. The molecule has 1 aliphatic rings. The molecule has 4 nitrogen and oxygen atoms in total. The van der Waals surface area contributed by atoms with Gasteiger partial charge < -0.3 is 9.84 Å². The molecule has 0 spiro atoms. The summed E-state index contributed by atoms with van der Waals surface area (Å²) in [5.74, 6) is 1.93. The minimum Gasteiger partial charge on any atom is -0.339 e. The number of hydrogen-bond acceptors (Lipinski definition) is 4. The van der Waals surface area contributed by atoms with Gasteiger partial charge in [0.1, 0.15) is 0 Å². The summed E-state index contributed by atoms with van der Waals surface area (Å²) in [4.78, 5) is 4.56. The van der Waals surface area contributed by atoms with E-state index in [1.807, 2.05) is 37.4 Å². The summed E-state index contributed by atoms with van der Waals surface area (Å²) < 4.78 is 5.45. The lowest BCUT2D eigenvalue weighted by molar-refractivity contribution is 0.289. The molecular weight excluding hydrogens is 238 g/mol. The van der Waals surface area contributed by atoms with Crippen LogP contribution in [0.4, 0.5) is 0 Å². The average Bonchev–Trinajstić information content (AvgIpc) is 2.98. The lowest BCUT2D eigenvalue weighted by Crippen LogP contribution is -2.29. The molecule has 1 aliphatic carbocycles. The zero-order valence-corrected chi connectivity index (χ0v) is 11.2. The van der Waals surface area contributed by atoms with Crippen molar-refractivity contribution in [2.24, 2.45) is 0 Å². The SMILES string of the molecule is CNC1CCC(c2nc(-c3ccccc3)no2)CC1. The zero-order valence-electron chi connectivity index (χ0n) is 11.2. The number of nitrogens with one attached hydrogen (secondary N) is 1. The van der Waals surface area contributed by atoms with E-state index in [-0.39, 0.29) is 0 Å². The second-order valence-electron chi connectivity index (χ2n) is 5.16. The molecule has 1 heterocycles. The molecule has 100 valence electrons. The van der Waals surface area contributed by atoms with Crippen LogP contribution < -0.4 is 5.32 Å². The minimum atomic E-state index is 0.426. The maximum Gasteiger partial charge on any atom is 0.230 e. The van der Waals surface area contributed by atoms with Crippen molar-refractivity contribution < 1.29 is 4.52 Å². The first-order valence-electron chi connectivity index (χ1n) is 6.93. The van der Waals surface area contributed by atoms with Crippen molar-refractivity contribution in [3.63, 3.8) is 0 Å². The molecule has 2 aromatic rings. The van der Waals surface area contributed by atoms with E-state index in [2.05, 4.69) is 15.5 Å². The maximum absolute atomic E-state index is 5.45. The van der Waals surface area contributed by atoms with E-state index in [9.17, 15) is 0 Å². The van der Waals surface area contributed by atoms with Gasteiger partial charge in [-0.05, 0) is 32.7 Å². The first kappa shape index (κ1) is 12.4. The van der Waals surface area contributed by atoms with Crippen LogP contribution in [0, 0.1) is 0 Å². The highest BCUT2D eigenvalue weighted by Gasteiger charge is 2.25. The Morgan fingerprint density at radius 1 is 1.11 bits per heavy atom. The molecule has 1 aromatic heterocycles. The first-order valence-corrected chi connectivity index (χ1v) is 6.93. The Morgan fingerprint density at radius 2 is 1.84 bits per heavy atom. The van der Waals surface area contributed by atoms with Crippen LogP contribution in [0.3, 0.4) is 0 Å². The van der Waals surface area contributed by atoms with Crippen LogP contribution >= 0.6 is 0 Å². The molecule has 1 fully saturated rings. The number of hydrogen-bond donors (Lipinski definition) is 1. The van der Waals surface area contributed by atoms with Crippen molar-refractivity contribution in [2.75, 3.05) is 7.05 Å². The summed E-state index contributed by atoms with van der Waals surface area (Å²) in [7, 11) is 2.03. The largest absolute Gasteiger partial charge is 0.339 e. The van der Waals surface area contributed by atoms with E-state index in [1.165, 1.54) is 12.8 Å². The predicted octanol–water partition coefficient (Wildman–Crippen LogP) is 2.98. The third-order valence-corrected chi connectivity index (χ3v) is 3.96. The summed E-state index contributed by atoms with van der Waals surface area (Å²) >= 11 is 0. The molecule has 19 heavy (non-hydrogen) atoms. The quantitative estimate of drug-likeness (QED) is 0.918. The van der Waals surface area contributed by atoms with Gasteiger partial charge in [-0.25, -0.2) is 0 Å². The van der Waals surface area contributed by atoms with Crippen molar-refractivity contribution >= 4 is 0 Å². The molecule has 1 saturated carbocycles. The fourth-order valence-electron chi connectivity index (χ4n) is 2.73. The number of aromatic nitrogens is 2. The van der Waals surface area contributed by atoms with Crippen molar-refractivity contribution in [1.82, 2.24) is 15.5 Å². The molecule has 3 rings (SSSR count). The fourth-order valence-corrected chi connectivity index (χ4v) is 2.73. The van der Waals surface area contributed by atoms with E-state index >= 15 is 0 Å². The number of nitrogens with zero attached hydrogens (tertiary/aromatic N) is 2. The van der Waals surface area contributed by atoms with Crippen LogP contribution in [0.5, 0.6) is 0 Å². The van der Waals surface area contributed by atoms with Gasteiger partial charge in [0.25, 0.3) is 0 Å². The average molecular weight is 257 g/mol. The molecule has 0 unspecified atom stereocenters. The molecule has 0 atom stereocenters. The Hall–Kier alpha value is -1.68. The van der Waals surface area contributed by atoms with Gasteiger partial charge in [-0.2, -0.15) is 4.98 Å². The van der Waals surface area contributed by atoms with Gasteiger partial charge in [-0.15, -0.1) is 0 Å². The Kier molecular flexibility index (Phi) is 3.60. The van der Waals surface area contributed by atoms with Crippen LogP contribution in [-0.2, 0) is 0 Å². The summed E-state index contributed by atoms with van der Waals surface area (Å²) in [6.07, 6.45) is 4.62. The van der Waals surface area contributed by atoms with Gasteiger partial charge in [0.05, 0.1) is 0 Å². The van der Waals surface area contributed by atoms with Crippen molar-refractivity contribution in [1.29, 1.82) is 0 Å². The summed E-state index contributed by atoms with van der Waals surface area (Å²) in [5, 5.41) is 7.44. The maximum atomic E-state index is 5.45. The van der Waals surface area contributed by atoms with Crippen LogP contribution in [-0.4, -0.2) is 23.2 Å². The minimum absolute atomic E-state index is 0.426. The summed E-state index contributed by atoms with van der Waals surface area (Å²) in [5.41, 5.74) is 1.02. The highest BCUT2D eigenvalue weighted by atomic mass is 16.5. The predicted molar refractivity (Wildman–Crippen MR) is 73.8 cm³/mol. The van der Waals surface area contributed by atoms with Gasteiger partial charge >= 0.3 is 0 Å². The van der Waals surface area contributed by atoms with E-state index in [4.69, 9.17) is 4.52 Å². The zero-order chi connectivity index (χ0) is 13.1. The van der Waals surface area contributed by atoms with Crippen LogP contribution in [0.1, 0.15) is 37.5 Å². The highest BCUT2D eigenvalue weighted by Crippen LogP contribution is 2.32. The molecule has 0 aliphatic heterocycles. The molecule has 1 N–H and O–H groups in total. The van der Waals surface area contributed by atoms with Crippen molar-refractivity contribution in [3.05, 3.63) is 36.2 Å². The molecular formula is C15H19N3O. The Balaban J connectivity index is 1.72. The van der Waals surface area contributed by atoms with Gasteiger partial charge in [0, 0.05) is 17.5 Å². The second kappa shape index (κ2) is 5.53. The third-order valence-electron chi connectivity index (χ3n) is 3.96. The van der Waals surface area contributed by atoms with Crippen LogP contribution in [0.2, 0.25) is 0 Å². The van der Waals surface area contributed by atoms with Gasteiger partial charge in [-0.3, -0.25) is 0 Å². The van der Waals surface area contributed by atoms with E-state index in [0.717, 1.165) is 24.3 Å². The Morgan fingerprint density at radius 3 is 2.53 bits per heavy atom. The Labute approximate surface area is 113 Å². The third kappa shape index (κ3) is 2.68. The molecule has 0 radical (unpaired) electrons. The van der Waals surface area contributed by atoms with E-state index < -0.39 is 0 Å². The standard InChI is InChI=1S/C15H19N3O/c1-16-13-9-7-12(8-10-13)15-17-14(18-19-15)11-5-3-2-4-6-11/h2-6,12-13,16H,7-10H2,1H3. The Bertz CT molecular complexity index is 515. The lowest BCUT2D eigenvalue weighted by Gasteiger charge is -2.25. The van der Waals surface area contributed by atoms with Gasteiger partial charge in [-0.1, -0.05) is 35.5 Å². The van der Waals surface area contributed by atoms with Gasteiger partial charge in [0.2, 0.25) is 11.7 Å². The topological polar surface area (TPSA) is 51.0 Å². The molecule has 0 amide bonds. The van der Waals surface area contributed by atoms with Gasteiger partial charge in [0.15, 0.2) is 0 Å². The monoisotopic (exact) mass is 257 g/mol. The summed E-state index contributed by atoms with van der Waals surface area (Å²) in [6.45, 7) is 0. The second-order valence-corrected chi connectivity index (χ2v) is 5.16. The van der Waals surface area contributed by atoms with E-state index in [0.29, 0.717) is 17.8 Å². The number of benzene rings is 1. The highest BCUT2D eigenvalue weighted by molar-refractivity contribution is 5.53. The summed E-state index contributed by atoms with van der Waals surface area (Å²) in [6, 6.07) is 10.6. The smallest absolute Gasteiger partial charge is 0.230 e. The van der Waals surface area contributed by atoms with Crippen LogP contribution in [0.15, 0.2) is 34.9 Å². The van der Waals surface area contributed by atoms with Crippen molar-refractivity contribution in [3.8, 4) is 11.4 Å². The molecule has 4 heteroatoms. The van der Waals surface area contributed by atoms with E-state index in [1.54, 1.807) is 0 Å². The van der Waals surface area contributed by atoms with Crippen molar-refractivity contribution in [2.45, 2.75) is 37.6 Å².